The molecule has 17 heteroatoms. The van der Waals surface area contributed by atoms with E-state index in [0.29, 0.717) is 0 Å². The molecule has 10 atom stereocenters. The van der Waals surface area contributed by atoms with Gasteiger partial charge in [0.25, 0.3) is 0 Å². The van der Waals surface area contributed by atoms with Crippen LogP contribution in [0.1, 0.15) is 49.3 Å². The van der Waals surface area contributed by atoms with E-state index in [0.717, 1.165) is 12.1 Å². The molecule has 1 aliphatic carbocycles. The summed E-state index contributed by atoms with van der Waals surface area (Å²) in [4.78, 5) is 33.0. The maximum atomic E-state index is 13.7. The molecule has 3 fully saturated rings. The zero-order chi connectivity index (χ0) is 41.1. The monoisotopic (exact) mass is 678 g/mol. The molecular weight excluding hydrogens is 635 g/mol. The molecule has 4 N–H and O–H groups in total. The van der Waals surface area contributed by atoms with Gasteiger partial charge in [-0.25, -0.2) is 4.57 Å². The van der Waals surface area contributed by atoms with Gasteiger partial charge in [-0.2, -0.15) is 0 Å². The molecule has 5 aliphatic rings. The maximum Gasteiger partial charge on any atom is 0.525 e. The summed E-state index contributed by atoms with van der Waals surface area (Å²) < 4.78 is 145. The molecule has 3 saturated heterocycles. The van der Waals surface area contributed by atoms with Crippen molar-refractivity contribution in [3.05, 3.63) is 41.0 Å². The molecule has 0 saturated carbocycles. The van der Waals surface area contributed by atoms with Gasteiger partial charge in [-0.05, 0) is 47.9 Å². The van der Waals surface area contributed by atoms with Crippen molar-refractivity contribution in [3.8, 4) is 28.7 Å². The Balaban J connectivity index is 1.39. The number of carbonyl (C=O) groups is 1. The second-order valence-corrected chi connectivity index (χ2v) is 12.2. The first-order chi connectivity index (χ1) is 25.7. The van der Waals surface area contributed by atoms with E-state index < -0.39 is 126 Å². The van der Waals surface area contributed by atoms with Gasteiger partial charge >= 0.3 is 13.8 Å². The summed E-state index contributed by atoms with van der Waals surface area (Å²) in [6, 6.07) is 4.36. The number of methoxy groups -OCH3 is 2. The predicted octanol–water partition coefficient (Wildman–Crippen LogP) is 1.10. The molecule has 0 radical (unpaired) electrons. The highest BCUT2D eigenvalue weighted by atomic mass is 31.2. The summed E-state index contributed by atoms with van der Waals surface area (Å²) in [6.07, 6.45) is -11.0. The predicted molar refractivity (Wildman–Crippen MR) is 149 cm³/mol. The van der Waals surface area contributed by atoms with Crippen molar-refractivity contribution in [1.82, 2.24) is 0 Å². The van der Waals surface area contributed by atoms with E-state index >= 15 is 0 Å². The average molecular weight is 679 g/mol. The van der Waals surface area contributed by atoms with Gasteiger partial charge in [0.05, 0.1) is 50.2 Å². The summed E-state index contributed by atoms with van der Waals surface area (Å²) in [5, 5.41) is 22.2. The third-order valence-electron chi connectivity index (χ3n) is 8.35. The van der Waals surface area contributed by atoms with Crippen LogP contribution in [0, 0.1) is 11.8 Å². The Bertz CT molecular complexity index is 1900. The standard InChI is InChI=1S/C29H33O16P/c1-11-38-9-20-27(42-11)23(30)24(31)29(43-20)44-25-14-7-17-16(40-10-41-17)6-13(14)21(22-15(25)8-39-28(22)32)12-4-18(36-2)26(19(5-12)37-3)45-46(33,34)35/h4-7,11,15,20-25,27,29-31H,8-10H2,1-3H3,(H2,33,34,35)/t11-,15+,20-,21-,22+,23-,24-,25-,27-,29+/m1/s1/i2D3,3D3,9D2,10D2. The number of cyclic esters (lactones) is 1. The Hall–Kier alpha value is -3.18. The fraction of sp³-hybridized carbons (Fsp3) is 0.552. The van der Waals surface area contributed by atoms with Crippen LogP contribution in [0.15, 0.2) is 24.3 Å². The molecule has 2 aromatic carbocycles. The van der Waals surface area contributed by atoms with Gasteiger partial charge in [-0.15, -0.1) is 0 Å². The lowest BCUT2D eigenvalue weighted by Gasteiger charge is -2.47. The zero-order valence-corrected chi connectivity index (χ0v) is 24.3. The molecule has 4 aliphatic heterocycles. The van der Waals surface area contributed by atoms with Gasteiger partial charge < -0.3 is 57.4 Å². The zero-order valence-electron chi connectivity index (χ0n) is 33.4. The quantitative estimate of drug-likeness (QED) is 0.239. The first kappa shape index (κ1) is 21.6. The van der Waals surface area contributed by atoms with Crippen LogP contribution in [-0.4, -0.2) is 97.0 Å². The van der Waals surface area contributed by atoms with E-state index in [9.17, 15) is 29.4 Å². The van der Waals surface area contributed by atoms with Gasteiger partial charge in [-0.1, -0.05) is 0 Å². The number of fused-ring (bicyclic) bond motifs is 4. The van der Waals surface area contributed by atoms with E-state index in [1.54, 1.807) is 0 Å². The number of ether oxygens (including phenoxy) is 9. The SMILES string of the molecule is [2H]C([2H])([2H])Oc1cc([C@@H]2c3cc4c(cc3[C@@H](O[C@@H]3O[C@H]5[C@@H](O[C@H](C)OC5([2H])[2H])[C@H](O)[C@H]3O)[C@H]3COC(=O)[C@H]23)OC([2H])([2H])O4)cc(OC([2H])([2H])[2H])c1OP(=O)(O)O. The van der Waals surface area contributed by atoms with Crippen LogP contribution in [0.4, 0.5) is 0 Å². The lowest BCUT2D eigenvalue weighted by Crippen LogP contribution is -2.63. The summed E-state index contributed by atoms with van der Waals surface area (Å²) in [6.45, 7) is -4.26. The van der Waals surface area contributed by atoms with Crippen LogP contribution in [0.3, 0.4) is 0 Å². The lowest BCUT2D eigenvalue weighted by molar-refractivity contribution is -0.364. The third-order valence-corrected chi connectivity index (χ3v) is 8.77. The van der Waals surface area contributed by atoms with Crippen LogP contribution in [0.2, 0.25) is 0 Å². The topological polar surface area (TPSA) is 207 Å². The molecule has 7 rings (SSSR count). The minimum Gasteiger partial charge on any atom is -0.493 e. The summed E-state index contributed by atoms with van der Waals surface area (Å²) in [5.74, 6) is -8.01. The summed E-state index contributed by atoms with van der Waals surface area (Å²) >= 11 is 0. The van der Waals surface area contributed by atoms with Crippen LogP contribution in [0.25, 0.3) is 0 Å². The lowest BCUT2D eigenvalue weighted by atomic mass is 9.66. The van der Waals surface area contributed by atoms with E-state index in [-0.39, 0.29) is 28.2 Å². The van der Waals surface area contributed by atoms with E-state index in [4.69, 9.17) is 56.3 Å². The molecule has 0 amide bonds. The first-order valence-corrected chi connectivity index (χ1v) is 15.3. The number of hydrogen-bond acceptors (Lipinski definition) is 14. The number of esters is 1. The van der Waals surface area contributed by atoms with Crippen molar-refractivity contribution in [2.24, 2.45) is 11.8 Å². The molecule has 4 heterocycles. The summed E-state index contributed by atoms with van der Waals surface area (Å²) in [7, 11) is -12.2. The van der Waals surface area contributed by atoms with Gasteiger partial charge in [-0.3, -0.25) is 14.6 Å². The Kier molecular flexibility index (Phi) is 5.56. The van der Waals surface area contributed by atoms with Gasteiger partial charge in [0, 0.05) is 11.8 Å². The van der Waals surface area contributed by atoms with Crippen molar-refractivity contribution < 1.29 is 90.2 Å². The number of carbonyl (C=O) groups excluding carboxylic acids is 1. The van der Waals surface area contributed by atoms with Gasteiger partial charge in [0.15, 0.2) is 35.6 Å². The van der Waals surface area contributed by atoms with Crippen molar-refractivity contribution in [1.29, 1.82) is 0 Å². The highest BCUT2D eigenvalue weighted by Crippen LogP contribution is 2.57. The Morgan fingerprint density at radius 1 is 0.978 bits per heavy atom. The van der Waals surface area contributed by atoms with Crippen molar-refractivity contribution in [3.63, 3.8) is 0 Å². The molecule has 2 aromatic rings. The minimum absolute atomic E-state index is 0.0516. The number of hydrogen-bond donors (Lipinski definition) is 4. The molecule has 0 aromatic heterocycles. The minimum atomic E-state index is -5.55. The van der Waals surface area contributed by atoms with Crippen LogP contribution in [0.5, 0.6) is 28.7 Å². The normalized spacial score (nSPS) is 40.6. The molecule has 250 valence electrons. The molecule has 0 spiro atoms. The van der Waals surface area contributed by atoms with E-state index in [1.165, 1.54) is 19.1 Å². The Morgan fingerprint density at radius 3 is 2.35 bits per heavy atom. The highest BCUT2D eigenvalue weighted by Gasteiger charge is 2.56. The molecule has 46 heavy (non-hydrogen) atoms. The van der Waals surface area contributed by atoms with Crippen LogP contribution in [-0.2, 0) is 33.0 Å². The van der Waals surface area contributed by atoms with Gasteiger partial charge in [0.2, 0.25) is 12.5 Å². The fourth-order valence-corrected chi connectivity index (χ4v) is 6.88. The fourth-order valence-electron chi connectivity index (χ4n) is 6.46. The number of aliphatic hydroxyl groups is 2. The summed E-state index contributed by atoms with van der Waals surface area (Å²) in [5.41, 5.74) is -0.0272. The Labute approximate surface area is 276 Å². The van der Waals surface area contributed by atoms with Crippen LogP contribution >= 0.6 is 7.82 Å². The number of benzene rings is 2. The molecule has 0 bridgehead atoms. The smallest absolute Gasteiger partial charge is 0.493 e. The van der Waals surface area contributed by atoms with Gasteiger partial charge in [0.1, 0.15) is 27.2 Å². The molecule has 0 unspecified atom stereocenters. The van der Waals surface area contributed by atoms with Crippen LogP contribution < -0.4 is 23.5 Å². The highest BCUT2D eigenvalue weighted by molar-refractivity contribution is 7.46. The Morgan fingerprint density at radius 2 is 1.67 bits per heavy atom. The van der Waals surface area contributed by atoms with Crippen molar-refractivity contribution in [2.75, 3.05) is 34.0 Å². The number of rotatable bonds is 7. The van der Waals surface area contributed by atoms with E-state index in [2.05, 4.69) is 4.52 Å². The first-order valence-electron chi connectivity index (χ1n) is 18.7. The number of phosphoric ester groups is 1. The largest absolute Gasteiger partial charge is 0.525 e. The third kappa shape index (κ3) is 5.37. The number of phosphoric acid groups is 1. The molecular formula is C29H33O16P. The number of aliphatic hydroxyl groups excluding tert-OH is 2. The van der Waals surface area contributed by atoms with Crippen molar-refractivity contribution >= 4 is 13.8 Å². The molecule has 16 nitrogen and oxygen atoms in total. The second-order valence-electron chi connectivity index (χ2n) is 11.0. The second kappa shape index (κ2) is 11.8. The maximum absolute atomic E-state index is 13.7. The average Bonchev–Trinajstić information content (AvgIpc) is 3.55. The van der Waals surface area contributed by atoms with E-state index in [1.807, 2.05) is 0 Å². The van der Waals surface area contributed by atoms with Crippen molar-refractivity contribution in [2.45, 2.75) is 55.9 Å².